The Morgan fingerprint density at radius 3 is 3.00 bits per heavy atom. The number of halogens is 1. The molecule has 84 valence electrons. The van der Waals surface area contributed by atoms with E-state index >= 15 is 0 Å². The molecular formula is C12H13BrN2O. The van der Waals surface area contributed by atoms with Crippen LogP contribution >= 0.6 is 15.9 Å². The van der Waals surface area contributed by atoms with Gasteiger partial charge in [0.1, 0.15) is 11.3 Å². The Kier molecular flexibility index (Phi) is 2.30. The predicted octanol–water partition coefficient (Wildman–Crippen LogP) is 3.01. The first-order chi connectivity index (χ1) is 7.66. The molecule has 0 atom stereocenters. The van der Waals surface area contributed by atoms with Gasteiger partial charge in [0, 0.05) is 21.8 Å². The minimum atomic E-state index is 0.0779. The lowest BCUT2D eigenvalue weighted by Gasteiger charge is -2.05. The number of aryl methyl sites for hydroxylation is 1. The molecule has 1 aromatic heterocycles. The summed E-state index contributed by atoms with van der Waals surface area (Å²) in [5, 5.41) is 5.16. The first-order valence-corrected chi connectivity index (χ1v) is 6.28. The van der Waals surface area contributed by atoms with Gasteiger partial charge in [-0.3, -0.25) is 0 Å². The highest BCUT2D eigenvalue weighted by atomic mass is 79.9. The Morgan fingerprint density at radius 2 is 2.25 bits per heavy atom. The molecule has 3 rings (SSSR count). The summed E-state index contributed by atoms with van der Waals surface area (Å²) < 4.78 is 6.39. The van der Waals surface area contributed by atoms with Crippen molar-refractivity contribution >= 4 is 26.8 Å². The fourth-order valence-electron chi connectivity index (χ4n) is 1.92. The van der Waals surface area contributed by atoms with Gasteiger partial charge in [-0.25, -0.2) is 0 Å². The molecule has 0 saturated heterocycles. The third-order valence-corrected chi connectivity index (χ3v) is 3.75. The van der Waals surface area contributed by atoms with Crippen LogP contribution < -0.4 is 5.73 Å². The number of hydrogen-bond acceptors (Lipinski definition) is 3. The number of fused-ring (bicyclic) bond motifs is 1. The van der Waals surface area contributed by atoms with E-state index in [9.17, 15) is 0 Å². The summed E-state index contributed by atoms with van der Waals surface area (Å²) in [5.41, 5.74) is 7.05. The van der Waals surface area contributed by atoms with Crippen molar-refractivity contribution in [3.8, 4) is 0 Å². The fourth-order valence-corrected chi connectivity index (χ4v) is 2.27. The van der Waals surface area contributed by atoms with Crippen molar-refractivity contribution < 1.29 is 4.52 Å². The van der Waals surface area contributed by atoms with E-state index in [0.29, 0.717) is 0 Å². The van der Waals surface area contributed by atoms with E-state index in [-0.39, 0.29) is 5.54 Å². The average Bonchev–Trinajstić information content (AvgIpc) is 2.87. The van der Waals surface area contributed by atoms with Crippen LogP contribution in [-0.4, -0.2) is 10.7 Å². The molecule has 16 heavy (non-hydrogen) atoms. The molecule has 0 amide bonds. The molecule has 3 nitrogen and oxygen atoms in total. The number of benzene rings is 1. The topological polar surface area (TPSA) is 52.0 Å². The predicted molar refractivity (Wildman–Crippen MR) is 66.2 cm³/mol. The van der Waals surface area contributed by atoms with Gasteiger partial charge >= 0.3 is 0 Å². The highest BCUT2D eigenvalue weighted by molar-refractivity contribution is 9.10. The van der Waals surface area contributed by atoms with E-state index in [2.05, 4.69) is 21.1 Å². The van der Waals surface area contributed by atoms with Crippen LogP contribution in [0.5, 0.6) is 0 Å². The van der Waals surface area contributed by atoms with E-state index in [1.165, 1.54) is 0 Å². The molecular weight excluding hydrogens is 268 g/mol. The van der Waals surface area contributed by atoms with Crippen LogP contribution in [0.4, 0.5) is 0 Å². The van der Waals surface area contributed by atoms with Gasteiger partial charge < -0.3 is 10.3 Å². The molecule has 2 N–H and O–H groups in total. The summed E-state index contributed by atoms with van der Waals surface area (Å²) in [7, 11) is 0. The first kappa shape index (κ1) is 10.3. The normalized spacial score (nSPS) is 17.9. The Morgan fingerprint density at radius 1 is 1.44 bits per heavy atom. The van der Waals surface area contributed by atoms with Gasteiger partial charge in [0.15, 0.2) is 0 Å². The van der Waals surface area contributed by atoms with Gasteiger partial charge in [0.25, 0.3) is 0 Å². The molecule has 1 fully saturated rings. The monoisotopic (exact) mass is 280 g/mol. The Labute approximate surface area is 102 Å². The summed E-state index contributed by atoms with van der Waals surface area (Å²) in [5.74, 6) is 0.958. The molecule has 2 aromatic rings. The zero-order valence-electron chi connectivity index (χ0n) is 8.87. The summed E-state index contributed by atoms with van der Waals surface area (Å²) in [6.45, 7) is 0. The van der Waals surface area contributed by atoms with Crippen molar-refractivity contribution in [1.29, 1.82) is 0 Å². The SMILES string of the molecule is NC1(CCc2onc3cc(Br)ccc23)CC1. The summed E-state index contributed by atoms with van der Waals surface area (Å²) in [6, 6.07) is 6.03. The van der Waals surface area contributed by atoms with Gasteiger partial charge in [-0.1, -0.05) is 21.1 Å². The quantitative estimate of drug-likeness (QED) is 0.940. The highest BCUT2D eigenvalue weighted by Crippen LogP contribution is 2.37. The van der Waals surface area contributed by atoms with E-state index in [1.807, 2.05) is 18.2 Å². The lowest BCUT2D eigenvalue weighted by atomic mass is 10.1. The summed E-state index contributed by atoms with van der Waals surface area (Å²) in [4.78, 5) is 0. The zero-order chi connectivity index (χ0) is 11.2. The Hall–Kier alpha value is -0.870. The number of nitrogens with zero attached hydrogens (tertiary/aromatic N) is 1. The third kappa shape index (κ3) is 1.87. The standard InChI is InChI=1S/C12H13BrN2O/c13-8-1-2-9-10(7-8)15-16-11(9)3-4-12(14)5-6-12/h1-2,7H,3-6,14H2. The molecule has 1 aliphatic carbocycles. The van der Waals surface area contributed by atoms with Crippen molar-refractivity contribution in [1.82, 2.24) is 5.16 Å². The maximum absolute atomic E-state index is 6.06. The molecule has 0 aliphatic heterocycles. The van der Waals surface area contributed by atoms with Crippen LogP contribution in [0.25, 0.3) is 10.9 Å². The number of hydrogen-bond donors (Lipinski definition) is 1. The van der Waals surface area contributed by atoms with E-state index in [1.54, 1.807) is 0 Å². The van der Waals surface area contributed by atoms with Crippen molar-refractivity contribution in [3.05, 3.63) is 28.4 Å². The van der Waals surface area contributed by atoms with Crippen molar-refractivity contribution in [2.75, 3.05) is 0 Å². The maximum Gasteiger partial charge on any atom is 0.144 e. The smallest absolute Gasteiger partial charge is 0.144 e. The van der Waals surface area contributed by atoms with Gasteiger partial charge in [0.2, 0.25) is 0 Å². The van der Waals surface area contributed by atoms with Crippen LogP contribution in [0.1, 0.15) is 25.0 Å². The van der Waals surface area contributed by atoms with E-state index in [0.717, 1.165) is 46.8 Å². The average molecular weight is 281 g/mol. The molecule has 1 aromatic carbocycles. The highest BCUT2D eigenvalue weighted by Gasteiger charge is 2.37. The van der Waals surface area contributed by atoms with Crippen LogP contribution in [0.15, 0.2) is 27.2 Å². The summed E-state index contributed by atoms with van der Waals surface area (Å²) >= 11 is 3.42. The lowest BCUT2D eigenvalue weighted by Crippen LogP contribution is -2.21. The van der Waals surface area contributed by atoms with Crippen LogP contribution in [0.2, 0.25) is 0 Å². The minimum absolute atomic E-state index is 0.0779. The van der Waals surface area contributed by atoms with Crippen LogP contribution in [-0.2, 0) is 6.42 Å². The van der Waals surface area contributed by atoms with Crippen molar-refractivity contribution in [2.45, 2.75) is 31.2 Å². The molecule has 0 spiro atoms. The first-order valence-electron chi connectivity index (χ1n) is 5.49. The molecule has 1 heterocycles. The van der Waals surface area contributed by atoms with E-state index in [4.69, 9.17) is 10.3 Å². The molecule has 0 unspecified atom stereocenters. The number of aromatic nitrogens is 1. The van der Waals surface area contributed by atoms with Gasteiger partial charge in [-0.2, -0.15) is 0 Å². The van der Waals surface area contributed by atoms with Crippen molar-refractivity contribution in [3.63, 3.8) is 0 Å². The van der Waals surface area contributed by atoms with Crippen molar-refractivity contribution in [2.24, 2.45) is 5.73 Å². The second-order valence-electron chi connectivity index (χ2n) is 4.63. The zero-order valence-corrected chi connectivity index (χ0v) is 10.5. The number of rotatable bonds is 3. The maximum atomic E-state index is 6.06. The van der Waals surface area contributed by atoms with Gasteiger partial charge in [0.05, 0.1) is 0 Å². The van der Waals surface area contributed by atoms with E-state index < -0.39 is 0 Å². The molecule has 0 bridgehead atoms. The second-order valence-corrected chi connectivity index (χ2v) is 5.55. The van der Waals surface area contributed by atoms with Crippen LogP contribution in [0.3, 0.4) is 0 Å². The Balaban J connectivity index is 1.86. The lowest BCUT2D eigenvalue weighted by molar-refractivity contribution is 0.382. The summed E-state index contributed by atoms with van der Waals surface area (Å²) in [6.07, 6.45) is 4.16. The molecule has 0 radical (unpaired) electrons. The third-order valence-electron chi connectivity index (χ3n) is 3.26. The van der Waals surface area contributed by atoms with Gasteiger partial charge in [-0.15, -0.1) is 0 Å². The molecule has 4 heteroatoms. The second kappa shape index (κ2) is 3.57. The minimum Gasteiger partial charge on any atom is -0.360 e. The van der Waals surface area contributed by atoms with Crippen LogP contribution in [0, 0.1) is 0 Å². The fraction of sp³-hybridized carbons (Fsp3) is 0.417. The number of nitrogens with two attached hydrogens (primary N) is 1. The molecule has 1 saturated carbocycles. The largest absolute Gasteiger partial charge is 0.360 e. The van der Waals surface area contributed by atoms with Gasteiger partial charge in [-0.05, 0) is 37.5 Å². The Bertz CT molecular complexity index is 531. The molecule has 1 aliphatic rings.